The highest BCUT2D eigenvalue weighted by molar-refractivity contribution is 7.89. The number of nitrogens with zero attached hydrogens (tertiary/aromatic N) is 2. The van der Waals surface area contributed by atoms with Crippen LogP contribution in [0.25, 0.3) is 11.0 Å². The van der Waals surface area contributed by atoms with Gasteiger partial charge >= 0.3 is 0 Å². The van der Waals surface area contributed by atoms with Crippen LogP contribution in [0.3, 0.4) is 0 Å². The van der Waals surface area contributed by atoms with Crippen molar-refractivity contribution in [3.8, 4) is 0 Å². The number of aromatic nitrogens is 2. The number of fused-ring (bicyclic) bond motifs is 1. The van der Waals surface area contributed by atoms with Crippen LogP contribution in [0.5, 0.6) is 0 Å². The molecule has 2 aromatic heterocycles. The van der Waals surface area contributed by atoms with Gasteiger partial charge in [0.05, 0.1) is 11.0 Å². The van der Waals surface area contributed by atoms with Gasteiger partial charge in [-0.3, -0.25) is 10.1 Å². The zero-order valence-corrected chi connectivity index (χ0v) is 18.8. The number of imidazole rings is 1. The van der Waals surface area contributed by atoms with Gasteiger partial charge in [0.1, 0.15) is 0 Å². The maximum absolute atomic E-state index is 12.9. The van der Waals surface area contributed by atoms with Crippen molar-refractivity contribution in [2.75, 3.05) is 5.32 Å². The first-order valence-electron chi connectivity index (χ1n) is 10.6. The molecule has 2 N–H and O–H groups in total. The Hall–Kier alpha value is -2.65. The van der Waals surface area contributed by atoms with Gasteiger partial charge in [-0.2, -0.15) is 0 Å². The molecule has 31 heavy (non-hydrogen) atoms. The predicted molar refractivity (Wildman–Crippen MR) is 119 cm³/mol. The van der Waals surface area contributed by atoms with E-state index in [1.165, 1.54) is 18.6 Å². The van der Waals surface area contributed by atoms with Crippen LogP contribution in [-0.2, 0) is 10.0 Å². The molecule has 0 radical (unpaired) electrons. The lowest BCUT2D eigenvalue weighted by Crippen LogP contribution is -2.40. The lowest BCUT2D eigenvalue weighted by molar-refractivity contribution is 0.0990. The average molecular weight is 445 g/mol. The minimum atomic E-state index is -3.87. The fourth-order valence-corrected chi connectivity index (χ4v) is 5.40. The highest BCUT2D eigenvalue weighted by Gasteiger charge is 2.27. The van der Waals surface area contributed by atoms with Crippen LogP contribution in [0.2, 0.25) is 0 Å². The monoisotopic (exact) mass is 444 g/mol. The number of carbonyl (C=O) groups is 1. The lowest BCUT2D eigenvalue weighted by Gasteiger charge is -2.25. The Morgan fingerprint density at radius 2 is 1.81 bits per heavy atom. The number of para-hydroxylation sites is 2. The molecule has 1 amide bonds. The minimum absolute atomic E-state index is 0.0865. The smallest absolute Gasteiger partial charge is 0.293 e. The van der Waals surface area contributed by atoms with Crippen LogP contribution in [0.1, 0.15) is 69.5 Å². The maximum Gasteiger partial charge on any atom is 0.293 e. The maximum atomic E-state index is 12.9. The molecule has 1 aromatic carbocycles. The summed E-state index contributed by atoms with van der Waals surface area (Å²) in [6.45, 7) is 5.20. The van der Waals surface area contributed by atoms with Crippen LogP contribution < -0.4 is 10.0 Å². The van der Waals surface area contributed by atoms with Crippen LogP contribution in [0, 0.1) is 0 Å². The lowest BCUT2D eigenvalue weighted by atomic mass is 9.95. The summed E-state index contributed by atoms with van der Waals surface area (Å²) >= 11 is 0. The van der Waals surface area contributed by atoms with Crippen molar-refractivity contribution in [3.05, 3.63) is 42.2 Å². The second-order valence-electron chi connectivity index (χ2n) is 9.01. The molecule has 0 bridgehead atoms. The van der Waals surface area contributed by atoms with Gasteiger partial charge in [0.25, 0.3) is 15.9 Å². The molecule has 2 heterocycles. The molecule has 8 nitrogen and oxygen atoms in total. The van der Waals surface area contributed by atoms with Gasteiger partial charge in [0.15, 0.2) is 5.76 Å². The van der Waals surface area contributed by atoms with Crippen molar-refractivity contribution in [3.63, 3.8) is 0 Å². The van der Waals surface area contributed by atoms with E-state index >= 15 is 0 Å². The van der Waals surface area contributed by atoms with E-state index in [9.17, 15) is 13.2 Å². The van der Waals surface area contributed by atoms with Gasteiger partial charge in [-0.15, -0.1) is 0 Å². The van der Waals surface area contributed by atoms with Gasteiger partial charge in [-0.25, -0.2) is 18.1 Å². The number of hydrogen-bond acceptors (Lipinski definition) is 5. The number of anilines is 1. The molecule has 9 heteroatoms. The number of benzene rings is 1. The Morgan fingerprint density at radius 3 is 2.52 bits per heavy atom. The summed E-state index contributed by atoms with van der Waals surface area (Å²) in [7, 11) is -3.87. The first kappa shape index (κ1) is 21.6. The third kappa shape index (κ3) is 4.67. The Bertz CT molecular complexity index is 1200. The quantitative estimate of drug-likeness (QED) is 0.604. The second-order valence-corrected chi connectivity index (χ2v) is 10.6. The number of sulfonamides is 1. The van der Waals surface area contributed by atoms with Crippen LogP contribution >= 0.6 is 0 Å². The van der Waals surface area contributed by atoms with Gasteiger partial charge in [0, 0.05) is 11.6 Å². The number of hydrogen-bond donors (Lipinski definition) is 2. The highest BCUT2D eigenvalue weighted by Crippen LogP contribution is 2.34. The van der Waals surface area contributed by atoms with E-state index in [0.717, 1.165) is 36.7 Å². The number of carbonyl (C=O) groups excluding carboxylic acids is 1. The topological polar surface area (TPSA) is 106 Å². The van der Waals surface area contributed by atoms with E-state index in [4.69, 9.17) is 4.42 Å². The summed E-state index contributed by atoms with van der Waals surface area (Å²) in [6.07, 6.45) is 5.57. The number of furan rings is 1. The normalized spacial score (nSPS) is 16.0. The Morgan fingerprint density at radius 1 is 1.10 bits per heavy atom. The Kier molecular flexibility index (Phi) is 5.65. The zero-order valence-electron chi connectivity index (χ0n) is 18.0. The molecular weight excluding hydrogens is 416 g/mol. The second kappa shape index (κ2) is 8.12. The van der Waals surface area contributed by atoms with Gasteiger partial charge < -0.3 is 8.98 Å². The summed E-state index contributed by atoms with van der Waals surface area (Å²) in [5.41, 5.74) is 1.11. The van der Waals surface area contributed by atoms with E-state index in [1.54, 1.807) is 20.8 Å². The molecule has 3 aromatic rings. The largest absolute Gasteiger partial charge is 0.438 e. The molecular formula is C22H28N4O4S. The summed E-state index contributed by atoms with van der Waals surface area (Å²) < 4.78 is 34.9. The molecule has 4 rings (SSSR count). The average Bonchev–Trinajstić information content (AvgIpc) is 3.32. The van der Waals surface area contributed by atoms with Crippen LogP contribution in [0.4, 0.5) is 5.95 Å². The molecule has 1 fully saturated rings. The van der Waals surface area contributed by atoms with Crippen LogP contribution in [0.15, 0.2) is 45.9 Å². The molecule has 0 spiro atoms. The van der Waals surface area contributed by atoms with Crippen molar-refractivity contribution in [1.82, 2.24) is 14.3 Å². The van der Waals surface area contributed by atoms with E-state index in [-0.39, 0.29) is 16.9 Å². The molecule has 1 aliphatic carbocycles. The van der Waals surface area contributed by atoms with Gasteiger partial charge in [-0.05, 0) is 57.9 Å². The van der Waals surface area contributed by atoms with Crippen molar-refractivity contribution in [1.29, 1.82) is 0 Å². The van der Waals surface area contributed by atoms with Crippen molar-refractivity contribution < 1.29 is 17.6 Å². The SMILES string of the molecule is CC(C)(C)NS(=O)(=O)c1ccc(C(=O)Nc2nc3ccccc3n2C2CCCCC2)o1. The standard InChI is InChI=1S/C22H28N4O4S/c1-22(2,3)25-31(28,29)19-14-13-18(30-19)20(27)24-21-23-16-11-7-8-12-17(16)26(21)15-9-5-4-6-10-15/h7-8,11-15,25H,4-6,9-10H2,1-3H3,(H,23,24,27). The molecule has 0 atom stereocenters. The summed E-state index contributed by atoms with van der Waals surface area (Å²) in [5, 5.41) is 2.53. The Balaban J connectivity index is 1.62. The molecule has 0 aliphatic heterocycles. The summed E-state index contributed by atoms with van der Waals surface area (Å²) in [4.78, 5) is 17.5. The first-order chi connectivity index (χ1) is 14.6. The third-order valence-corrected chi connectivity index (χ3v) is 6.90. The third-order valence-electron chi connectivity index (χ3n) is 5.27. The summed E-state index contributed by atoms with van der Waals surface area (Å²) in [6, 6.07) is 10.7. The first-order valence-corrected chi connectivity index (χ1v) is 12.0. The molecule has 166 valence electrons. The molecule has 0 unspecified atom stereocenters. The van der Waals surface area contributed by atoms with Gasteiger partial charge in [0.2, 0.25) is 11.0 Å². The molecule has 1 saturated carbocycles. The van der Waals surface area contributed by atoms with Crippen LogP contribution in [-0.4, -0.2) is 29.4 Å². The zero-order chi connectivity index (χ0) is 22.2. The van der Waals surface area contributed by atoms with Crippen molar-refractivity contribution >= 4 is 32.9 Å². The fourth-order valence-electron chi connectivity index (χ4n) is 4.04. The molecule has 1 aliphatic rings. The highest BCUT2D eigenvalue weighted by atomic mass is 32.2. The summed E-state index contributed by atoms with van der Waals surface area (Å²) in [5.74, 6) is -0.173. The minimum Gasteiger partial charge on any atom is -0.438 e. The number of nitrogens with one attached hydrogen (secondary N) is 2. The van der Waals surface area contributed by atoms with Gasteiger partial charge in [-0.1, -0.05) is 31.4 Å². The van der Waals surface area contributed by atoms with E-state index in [2.05, 4.69) is 19.6 Å². The van der Waals surface area contributed by atoms with Crippen molar-refractivity contribution in [2.24, 2.45) is 0 Å². The number of amides is 1. The van der Waals surface area contributed by atoms with Crippen molar-refractivity contribution in [2.45, 2.75) is 69.5 Å². The molecule has 0 saturated heterocycles. The number of rotatable bonds is 5. The predicted octanol–water partition coefficient (Wildman–Crippen LogP) is 4.46. The Labute approximate surface area is 182 Å². The van der Waals surface area contributed by atoms with E-state index in [1.807, 2.05) is 24.3 Å². The van der Waals surface area contributed by atoms with E-state index < -0.39 is 21.5 Å². The fraction of sp³-hybridized carbons (Fsp3) is 0.455. The van der Waals surface area contributed by atoms with E-state index in [0.29, 0.717) is 5.95 Å².